The van der Waals surface area contributed by atoms with Gasteiger partial charge in [-0.05, 0) is 17.7 Å². The molecule has 3 heterocycles. The summed E-state index contributed by atoms with van der Waals surface area (Å²) >= 11 is 0. The van der Waals surface area contributed by atoms with Crippen LogP contribution in [0.4, 0.5) is 10.2 Å². The number of carbonyl (C=O) groups is 1. The fourth-order valence-electron chi connectivity index (χ4n) is 4.20. The number of H-pyrrole nitrogens is 1. The maximum absolute atomic E-state index is 14.2. The lowest BCUT2D eigenvalue weighted by atomic mass is 9.82. The Labute approximate surface area is 176 Å². The summed E-state index contributed by atoms with van der Waals surface area (Å²) in [7, 11) is 0. The Bertz CT molecular complexity index is 1390. The van der Waals surface area contributed by atoms with Gasteiger partial charge in [-0.25, -0.2) is 4.39 Å². The number of benzene rings is 2. The summed E-state index contributed by atoms with van der Waals surface area (Å²) in [6.07, 6.45) is 1.09. The zero-order valence-electron chi connectivity index (χ0n) is 17.0. The average molecular weight is 417 g/mol. The summed E-state index contributed by atoms with van der Waals surface area (Å²) in [6, 6.07) is 13.6. The zero-order chi connectivity index (χ0) is 21.8. The van der Waals surface area contributed by atoms with Crippen molar-refractivity contribution in [3.63, 3.8) is 0 Å². The molecule has 0 fully saturated rings. The lowest BCUT2D eigenvalue weighted by molar-refractivity contribution is -0.109. The predicted molar refractivity (Wildman–Crippen MR) is 115 cm³/mol. The lowest BCUT2D eigenvalue weighted by Gasteiger charge is -2.21. The van der Waals surface area contributed by atoms with Gasteiger partial charge in [0.15, 0.2) is 0 Å². The van der Waals surface area contributed by atoms with Crippen LogP contribution in [0.25, 0.3) is 16.9 Å². The number of aldehydes is 1. The van der Waals surface area contributed by atoms with Crippen molar-refractivity contribution in [1.82, 2.24) is 19.7 Å². The molecule has 0 amide bonds. The normalized spacial score (nSPS) is 16.8. The topological polar surface area (TPSA) is 92.7 Å². The monoisotopic (exact) mass is 417 g/mol. The van der Waals surface area contributed by atoms with Crippen molar-refractivity contribution >= 4 is 23.0 Å². The molecule has 0 saturated heterocycles. The van der Waals surface area contributed by atoms with Crippen molar-refractivity contribution in [3.05, 3.63) is 81.5 Å². The van der Waals surface area contributed by atoms with Gasteiger partial charge in [-0.3, -0.25) is 9.78 Å². The van der Waals surface area contributed by atoms with Gasteiger partial charge in [-0.15, -0.1) is 0 Å². The second-order valence-electron chi connectivity index (χ2n) is 8.24. The molecule has 2 aromatic carbocycles. The molecule has 0 bridgehead atoms. The number of aromatic nitrogens is 4. The number of nitrogens with zero attached hydrogens (tertiary/aromatic N) is 3. The highest BCUT2D eigenvalue weighted by Gasteiger charge is 2.43. The van der Waals surface area contributed by atoms with Crippen LogP contribution in [0.5, 0.6) is 0 Å². The molecule has 7 nitrogen and oxygen atoms in total. The first kappa shape index (κ1) is 19.2. The number of fused-ring (bicyclic) bond motifs is 2. The summed E-state index contributed by atoms with van der Waals surface area (Å²) < 4.78 is 15.8. The average Bonchev–Trinajstić information content (AvgIpc) is 3.24. The van der Waals surface area contributed by atoms with Crippen LogP contribution in [0.15, 0.2) is 53.3 Å². The number of para-hydroxylation sites is 1. The Morgan fingerprint density at radius 3 is 2.68 bits per heavy atom. The minimum Gasteiger partial charge on any atom is -0.359 e. The highest BCUT2D eigenvalue weighted by atomic mass is 19.1. The number of halogens is 1. The molecule has 2 N–H and O–H groups in total. The van der Waals surface area contributed by atoms with E-state index in [2.05, 4.69) is 20.4 Å². The minimum atomic E-state index is -0.682. The van der Waals surface area contributed by atoms with Gasteiger partial charge in [-0.2, -0.15) is 14.8 Å². The van der Waals surface area contributed by atoms with Gasteiger partial charge in [-0.1, -0.05) is 50.2 Å². The number of carbonyl (C=O) groups excluding carboxylic acids is 1. The van der Waals surface area contributed by atoms with E-state index >= 15 is 0 Å². The number of nitrogens with one attached hydrogen (secondary N) is 2. The Morgan fingerprint density at radius 1 is 1.16 bits per heavy atom. The standard InChI is InChI=1S/C23H20FN5O2/c1-23(2)18(12-30)25-20-19(23)21(31)27-22(26-20)29-17-10-6-4-8-14(17)16(28-29)11-13-7-3-5-9-15(13)24/h3-10,12,18H,11H2,1-2H3,(H2,25,26,27,31). The van der Waals surface area contributed by atoms with Gasteiger partial charge in [0.05, 0.1) is 22.8 Å². The van der Waals surface area contributed by atoms with Crippen molar-refractivity contribution in [2.24, 2.45) is 0 Å². The van der Waals surface area contributed by atoms with Crippen LogP contribution in [0.2, 0.25) is 0 Å². The van der Waals surface area contributed by atoms with E-state index in [0.717, 1.165) is 17.2 Å². The Kier molecular flexibility index (Phi) is 4.25. The summed E-state index contributed by atoms with van der Waals surface area (Å²) in [6.45, 7) is 3.66. The quantitative estimate of drug-likeness (QED) is 0.498. The molecule has 0 saturated carbocycles. The molecule has 2 aromatic heterocycles. The summed E-state index contributed by atoms with van der Waals surface area (Å²) in [5, 5.41) is 8.54. The van der Waals surface area contributed by atoms with Gasteiger partial charge in [0.1, 0.15) is 17.9 Å². The second kappa shape index (κ2) is 6.87. The lowest BCUT2D eigenvalue weighted by Crippen LogP contribution is -2.37. The first-order valence-corrected chi connectivity index (χ1v) is 9.97. The molecule has 5 rings (SSSR count). The number of rotatable bonds is 4. The first-order chi connectivity index (χ1) is 14.9. The van der Waals surface area contributed by atoms with Gasteiger partial charge >= 0.3 is 0 Å². The van der Waals surface area contributed by atoms with Crippen LogP contribution >= 0.6 is 0 Å². The SMILES string of the molecule is CC1(C)c2c(nc(-n3nc(Cc4ccccc4F)c4ccccc43)[nH]c2=O)NC1C=O. The number of hydrogen-bond donors (Lipinski definition) is 2. The summed E-state index contributed by atoms with van der Waals surface area (Å²) in [5.74, 6) is 0.308. The van der Waals surface area contributed by atoms with Crippen molar-refractivity contribution in [3.8, 4) is 5.95 Å². The molecular formula is C23H20FN5O2. The van der Waals surface area contributed by atoms with Crippen LogP contribution in [-0.4, -0.2) is 32.1 Å². The van der Waals surface area contributed by atoms with Gasteiger partial charge in [0.25, 0.3) is 5.56 Å². The van der Waals surface area contributed by atoms with E-state index < -0.39 is 11.5 Å². The molecule has 0 spiro atoms. The van der Waals surface area contributed by atoms with Gasteiger partial charge in [0.2, 0.25) is 5.95 Å². The molecular weight excluding hydrogens is 397 g/mol. The highest BCUT2D eigenvalue weighted by molar-refractivity contribution is 5.83. The Balaban J connectivity index is 1.66. The van der Waals surface area contributed by atoms with E-state index in [1.807, 2.05) is 38.1 Å². The molecule has 31 heavy (non-hydrogen) atoms. The van der Waals surface area contributed by atoms with Crippen LogP contribution in [-0.2, 0) is 16.6 Å². The fourth-order valence-corrected chi connectivity index (χ4v) is 4.20. The third-order valence-corrected chi connectivity index (χ3v) is 5.94. The number of hydrogen-bond acceptors (Lipinski definition) is 5. The largest absolute Gasteiger partial charge is 0.359 e. The number of anilines is 1. The molecule has 1 aliphatic rings. The Hall–Kier alpha value is -3.81. The van der Waals surface area contributed by atoms with Crippen molar-refractivity contribution < 1.29 is 9.18 Å². The molecule has 1 atom stereocenters. The molecule has 4 aromatic rings. The van der Waals surface area contributed by atoms with E-state index in [1.165, 1.54) is 6.07 Å². The van der Waals surface area contributed by atoms with E-state index in [0.29, 0.717) is 29.1 Å². The maximum atomic E-state index is 14.2. The Morgan fingerprint density at radius 2 is 1.90 bits per heavy atom. The van der Waals surface area contributed by atoms with E-state index in [4.69, 9.17) is 0 Å². The minimum absolute atomic E-state index is 0.231. The molecule has 1 unspecified atom stereocenters. The third kappa shape index (κ3) is 2.94. The smallest absolute Gasteiger partial charge is 0.258 e. The van der Waals surface area contributed by atoms with Crippen molar-refractivity contribution in [2.45, 2.75) is 31.7 Å². The predicted octanol–water partition coefficient (Wildman–Crippen LogP) is 3.11. The van der Waals surface area contributed by atoms with E-state index in [1.54, 1.807) is 22.9 Å². The fraction of sp³-hybridized carbons (Fsp3) is 0.217. The van der Waals surface area contributed by atoms with E-state index in [-0.39, 0.29) is 17.3 Å². The molecule has 0 radical (unpaired) electrons. The van der Waals surface area contributed by atoms with Crippen molar-refractivity contribution in [2.75, 3.05) is 5.32 Å². The summed E-state index contributed by atoms with van der Waals surface area (Å²) in [5.41, 5.74) is 1.38. The zero-order valence-corrected chi connectivity index (χ0v) is 17.0. The summed E-state index contributed by atoms with van der Waals surface area (Å²) in [4.78, 5) is 31.8. The van der Waals surface area contributed by atoms with Crippen LogP contribution < -0.4 is 10.9 Å². The van der Waals surface area contributed by atoms with Gasteiger partial charge in [0, 0.05) is 17.2 Å². The van der Waals surface area contributed by atoms with Crippen LogP contribution in [0.1, 0.15) is 30.7 Å². The maximum Gasteiger partial charge on any atom is 0.258 e. The number of aromatic amines is 1. The molecule has 0 aliphatic carbocycles. The van der Waals surface area contributed by atoms with Crippen LogP contribution in [0.3, 0.4) is 0 Å². The van der Waals surface area contributed by atoms with Crippen molar-refractivity contribution in [1.29, 1.82) is 0 Å². The van der Waals surface area contributed by atoms with Crippen LogP contribution in [0, 0.1) is 5.82 Å². The first-order valence-electron chi connectivity index (χ1n) is 9.97. The molecule has 8 heteroatoms. The third-order valence-electron chi connectivity index (χ3n) is 5.94. The van der Waals surface area contributed by atoms with Gasteiger partial charge < -0.3 is 10.1 Å². The second-order valence-corrected chi connectivity index (χ2v) is 8.24. The highest BCUT2D eigenvalue weighted by Crippen LogP contribution is 2.36. The molecule has 1 aliphatic heterocycles. The van der Waals surface area contributed by atoms with E-state index in [9.17, 15) is 14.0 Å². The molecule has 156 valence electrons.